The molecule has 2 fully saturated rings. The van der Waals surface area contributed by atoms with Gasteiger partial charge in [-0.15, -0.1) is 0 Å². The average molecular weight is 362 g/mol. The van der Waals surface area contributed by atoms with Crippen LogP contribution in [0.15, 0.2) is 24.3 Å². The summed E-state index contributed by atoms with van der Waals surface area (Å²) in [6.07, 6.45) is 1.18. The van der Waals surface area contributed by atoms with Crippen LogP contribution in [0, 0.1) is 16.7 Å². The van der Waals surface area contributed by atoms with Gasteiger partial charge in [0.05, 0.1) is 11.2 Å². The Morgan fingerprint density at radius 2 is 1.88 bits per heavy atom. The second kappa shape index (κ2) is 5.24. The van der Waals surface area contributed by atoms with Crippen LogP contribution in [0.3, 0.4) is 0 Å². The molecule has 3 unspecified atom stereocenters. The van der Waals surface area contributed by atoms with Crippen molar-refractivity contribution in [1.29, 1.82) is 0 Å². The molecule has 1 aromatic rings. The van der Waals surface area contributed by atoms with E-state index in [2.05, 4.69) is 0 Å². The van der Waals surface area contributed by atoms with Crippen LogP contribution in [0.1, 0.15) is 49.0 Å². The number of fused-ring (bicyclic) bond motifs is 3. The minimum atomic E-state index is -3.99. The van der Waals surface area contributed by atoms with Crippen LogP contribution in [-0.2, 0) is 25.5 Å². The van der Waals surface area contributed by atoms with Gasteiger partial charge in [0.25, 0.3) is 10.1 Å². The fraction of sp³-hybridized carbons (Fsp3) is 0.579. The number of rotatable bonds is 4. The summed E-state index contributed by atoms with van der Waals surface area (Å²) in [5, 5.41) is 0. The molecular formula is C19H22O5S. The molecule has 3 atom stereocenters. The van der Waals surface area contributed by atoms with E-state index < -0.39 is 21.6 Å². The second-order valence-electron chi connectivity index (χ2n) is 8.18. The van der Waals surface area contributed by atoms with Crippen molar-refractivity contribution in [1.82, 2.24) is 0 Å². The Labute approximate surface area is 147 Å². The third-order valence-electron chi connectivity index (χ3n) is 6.81. The molecule has 0 aliphatic heterocycles. The number of benzene rings is 1. The molecule has 0 saturated heterocycles. The van der Waals surface area contributed by atoms with Crippen LogP contribution in [0.2, 0.25) is 0 Å². The summed E-state index contributed by atoms with van der Waals surface area (Å²) < 4.78 is 30.8. The highest BCUT2D eigenvalue weighted by Gasteiger charge is 2.65. The van der Waals surface area contributed by atoms with Gasteiger partial charge in [0, 0.05) is 18.4 Å². The zero-order chi connectivity index (χ0) is 18.0. The predicted octanol–water partition coefficient (Wildman–Crippen LogP) is 2.54. The third kappa shape index (κ3) is 2.34. The molecule has 5 nitrogen and oxygen atoms in total. The van der Waals surface area contributed by atoms with E-state index in [4.69, 9.17) is 4.18 Å². The van der Waals surface area contributed by atoms with Gasteiger partial charge in [-0.1, -0.05) is 38.1 Å². The van der Waals surface area contributed by atoms with Crippen molar-refractivity contribution in [3.8, 4) is 0 Å². The maximum absolute atomic E-state index is 12.7. The average Bonchev–Trinajstić information content (AvgIpc) is 3.03. The van der Waals surface area contributed by atoms with Gasteiger partial charge in [-0.2, -0.15) is 8.42 Å². The zero-order valence-corrected chi connectivity index (χ0v) is 15.3. The van der Waals surface area contributed by atoms with Crippen LogP contribution < -0.4 is 0 Å². The van der Waals surface area contributed by atoms with Crippen LogP contribution in [0.4, 0.5) is 0 Å². The van der Waals surface area contributed by atoms with E-state index >= 15 is 0 Å². The van der Waals surface area contributed by atoms with E-state index in [9.17, 15) is 18.0 Å². The molecule has 6 heteroatoms. The fourth-order valence-corrected chi connectivity index (χ4v) is 6.96. The Kier molecular flexibility index (Phi) is 3.54. The fourth-order valence-electron chi connectivity index (χ4n) is 5.10. The summed E-state index contributed by atoms with van der Waals surface area (Å²) in [6.45, 7) is 3.98. The molecular weight excluding hydrogens is 340 g/mol. The molecule has 3 aliphatic carbocycles. The molecule has 2 saturated carbocycles. The van der Waals surface area contributed by atoms with Crippen molar-refractivity contribution in [2.45, 2.75) is 45.6 Å². The minimum absolute atomic E-state index is 0.0296. The Morgan fingerprint density at radius 1 is 1.16 bits per heavy atom. The molecule has 4 rings (SSSR count). The molecule has 0 amide bonds. The monoisotopic (exact) mass is 362 g/mol. The van der Waals surface area contributed by atoms with Crippen molar-refractivity contribution in [2.24, 2.45) is 16.7 Å². The highest BCUT2D eigenvalue weighted by molar-refractivity contribution is 7.86. The molecule has 1 aromatic carbocycles. The van der Waals surface area contributed by atoms with Crippen LogP contribution in [-0.4, -0.2) is 31.8 Å². The van der Waals surface area contributed by atoms with Gasteiger partial charge in [0.2, 0.25) is 0 Å². The summed E-state index contributed by atoms with van der Waals surface area (Å²) in [7, 11) is -3.99. The van der Waals surface area contributed by atoms with E-state index in [1.807, 2.05) is 26.0 Å². The lowest BCUT2D eigenvalue weighted by Crippen LogP contribution is -2.43. The van der Waals surface area contributed by atoms with Crippen LogP contribution in [0.5, 0.6) is 0 Å². The highest BCUT2D eigenvalue weighted by atomic mass is 32.2. The Balaban J connectivity index is 1.56. The van der Waals surface area contributed by atoms with Gasteiger partial charge < -0.3 is 0 Å². The van der Waals surface area contributed by atoms with Crippen LogP contribution in [0.25, 0.3) is 0 Å². The summed E-state index contributed by atoms with van der Waals surface area (Å²) >= 11 is 0. The molecule has 0 radical (unpaired) electrons. The predicted molar refractivity (Wildman–Crippen MR) is 91.7 cm³/mol. The van der Waals surface area contributed by atoms with E-state index in [0.29, 0.717) is 18.4 Å². The standard InChI is InChI=1S/C19H22O5S/c1-18(2)13-7-8-19(18,16(20)10-13)11-25(22,23)24-15-9-12-5-3-4-6-14(12)17(15)21/h3-6,13,15H,7-11H2,1-2H3. The maximum Gasteiger partial charge on any atom is 0.269 e. The molecule has 134 valence electrons. The topological polar surface area (TPSA) is 77.5 Å². The summed E-state index contributed by atoms with van der Waals surface area (Å²) in [5.74, 6) is -0.338. The summed E-state index contributed by atoms with van der Waals surface area (Å²) in [6, 6.07) is 7.08. The van der Waals surface area contributed by atoms with E-state index in [0.717, 1.165) is 12.0 Å². The number of carbonyl (C=O) groups is 2. The lowest BCUT2D eigenvalue weighted by molar-refractivity contribution is -0.128. The quantitative estimate of drug-likeness (QED) is 0.769. The highest BCUT2D eigenvalue weighted by Crippen LogP contribution is 2.64. The molecule has 0 N–H and O–H groups in total. The van der Waals surface area contributed by atoms with Gasteiger partial charge in [-0.05, 0) is 29.7 Å². The summed E-state index contributed by atoms with van der Waals surface area (Å²) in [5.41, 5.74) is 0.122. The summed E-state index contributed by atoms with van der Waals surface area (Å²) in [4.78, 5) is 24.9. The first kappa shape index (κ1) is 16.9. The van der Waals surface area contributed by atoms with Crippen molar-refractivity contribution in [3.05, 3.63) is 35.4 Å². The maximum atomic E-state index is 12.7. The largest absolute Gasteiger partial charge is 0.299 e. The first-order valence-corrected chi connectivity index (χ1v) is 10.3. The van der Waals surface area contributed by atoms with Gasteiger partial charge in [-0.25, -0.2) is 0 Å². The second-order valence-corrected chi connectivity index (χ2v) is 9.78. The Bertz CT molecular complexity index is 870. The first-order valence-electron chi connectivity index (χ1n) is 8.73. The normalized spacial score (nSPS) is 33.0. The number of ketones is 2. The first-order chi connectivity index (χ1) is 11.7. The third-order valence-corrected chi connectivity index (χ3v) is 8.18. The Morgan fingerprint density at radius 3 is 2.48 bits per heavy atom. The molecule has 2 bridgehead atoms. The molecule has 0 spiro atoms. The van der Waals surface area contributed by atoms with Gasteiger partial charge >= 0.3 is 0 Å². The zero-order valence-electron chi connectivity index (χ0n) is 14.4. The van der Waals surface area contributed by atoms with Crippen molar-refractivity contribution < 1.29 is 22.2 Å². The van der Waals surface area contributed by atoms with E-state index in [-0.39, 0.29) is 35.1 Å². The Hall–Kier alpha value is -1.53. The van der Waals surface area contributed by atoms with E-state index in [1.54, 1.807) is 12.1 Å². The van der Waals surface area contributed by atoms with Gasteiger partial charge in [0.1, 0.15) is 11.9 Å². The number of hydrogen-bond donors (Lipinski definition) is 0. The van der Waals surface area contributed by atoms with Crippen molar-refractivity contribution in [2.75, 3.05) is 5.75 Å². The lowest BCUT2D eigenvalue weighted by Gasteiger charge is -2.36. The van der Waals surface area contributed by atoms with Gasteiger partial charge in [0.15, 0.2) is 5.78 Å². The molecule has 0 aromatic heterocycles. The van der Waals surface area contributed by atoms with Crippen LogP contribution >= 0.6 is 0 Å². The number of Topliss-reactive ketones (excluding diaryl/α,β-unsaturated/α-hetero) is 2. The van der Waals surface area contributed by atoms with E-state index in [1.165, 1.54) is 0 Å². The number of carbonyl (C=O) groups excluding carboxylic acids is 2. The molecule has 25 heavy (non-hydrogen) atoms. The number of hydrogen-bond acceptors (Lipinski definition) is 5. The smallest absolute Gasteiger partial charge is 0.269 e. The molecule has 3 aliphatic rings. The SMILES string of the molecule is CC1(C)C2CCC1(CS(=O)(=O)OC1Cc3ccccc3C1=O)C(=O)C2. The van der Waals surface area contributed by atoms with Crippen molar-refractivity contribution >= 4 is 21.7 Å². The minimum Gasteiger partial charge on any atom is -0.299 e. The molecule has 0 heterocycles. The lowest BCUT2D eigenvalue weighted by atomic mass is 9.70. The van der Waals surface area contributed by atoms with Gasteiger partial charge in [-0.3, -0.25) is 13.8 Å². The van der Waals surface area contributed by atoms with Crippen molar-refractivity contribution in [3.63, 3.8) is 0 Å².